The Morgan fingerprint density at radius 1 is 1.28 bits per heavy atom. The molecular formula is C19H27ClN2O3. The van der Waals surface area contributed by atoms with E-state index in [2.05, 4.69) is 4.90 Å². The summed E-state index contributed by atoms with van der Waals surface area (Å²) in [4.78, 5) is 17.0. The predicted octanol–water partition coefficient (Wildman–Crippen LogP) is 2.12. The van der Waals surface area contributed by atoms with Gasteiger partial charge in [-0.2, -0.15) is 0 Å². The van der Waals surface area contributed by atoms with E-state index in [1.807, 2.05) is 17.0 Å². The molecule has 5 nitrogen and oxygen atoms in total. The summed E-state index contributed by atoms with van der Waals surface area (Å²) in [7, 11) is 1.70. The largest absolute Gasteiger partial charge is 0.385 e. The number of hydrogen-bond donors (Lipinski definition) is 1. The Morgan fingerprint density at radius 3 is 2.60 bits per heavy atom. The maximum atomic E-state index is 12.8. The molecule has 1 aromatic carbocycles. The van der Waals surface area contributed by atoms with Crippen LogP contribution in [0.25, 0.3) is 0 Å². The molecule has 2 heterocycles. The number of ether oxygens (including phenoxy) is 1. The first kappa shape index (κ1) is 18.6. The molecule has 2 aliphatic rings. The summed E-state index contributed by atoms with van der Waals surface area (Å²) < 4.78 is 5.12. The molecule has 0 spiro atoms. The molecule has 1 amide bonds. The highest BCUT2D eigenvalue weighted by Gasteiger charge is 2.38. The molecule has 2 saturated heterocycles. The summed E-state index contributed by atoms with van der Waals surface area (Å²) in [5.74, 6) is 0.316. The van der Waals surface area contributed by atoms with Crippen LogP contribution in [0.2, 0.25) is 5.02 Å². The van der Waals surface area contributed by atoms with Crippen molar-refractivity contribution in [1.29, 1.82) is 0 Å². The third kappa shape index (κ3) is 4.34. The van der Waals surface area contributed by atoms with Crippen molar-refractivity contribution in [2.75, 3.05) is 46.4 Å². The standard InChI is InChI=1S/C19H27ClN2O3/c1-25-13-12-21-9-6-15(14-21)18(23)22-10-7-19(24,8-11-22)16-2-4-17(20)5-3-16/h2-5,15,24H,6-14H2,1H3. The van der Waals surface area contributed by atoms with Crippen molar-refractivity contribution >= 4 is 17.5 Å². The van der Waals surface area contributed by atoms with Gasteiger partial charge in [0.1, 0.15) is 0 Å². The number of aliphatic hydroxyl groups is 1. The summed E-state index contributed by atoms with van der Waals surface area (Å²) in [5.41, 5.74) is 0.0252. The third-order valence-electron chi connectivity index (χ3n) is 5.52. The first-order valence-corrected chi connectivity index (χ1v) is 9.38. The van der Waals surface area contributed by atoms with Crippen LogP contribution in [-0.2, 0) is 15.1 Å². The second-order valence-electron chi connectivity index (χ2n) is 7.14. The fourth-order valence-electron chi connectivity index (χ4n) is 3.86. The van der Waals surface area contributed by atoms with E-state index < -0.39 is 5.60 Å². The Morgan fingerprint density at radius 2 is 1.96 bits per heavy atom. The van der Waals surface area contributed by atoms with Gasteiger partial charge in [0, 0.05) is 38.3 Å². The third-order valence-corrected chi connectivity index (χ3v) is 5.77. The van der Waals surface area contributed by atoms with Crippen molar-refractivity contribution in [2.24, 2.45) is 5.92 Å². The zero-order valence-electron chi connectivity index (χ0n) is 14.8. The molecule has 1 atom stereocenters. The Bertz CT molecular complexity index is 585. The molecule has 6 heteroatoms. The molecule has 25 heavy (non-hydrogen) atoms. The molecule has 2 fully saturated rings. The topological polar surface area (TPSA) is 53.0 Å². The number of hydrogen-bond acceptors (Lipinski definition) is 4. The molecule has 0 aromatic heterocycles. The first-order chi connectivity index (χ1) is 12.0. The number of piperidine rings is 1. The molecule has 1 aromatic rings. The predicted molar refractivity (Wildman–Crippen MR) is 97.6 cm³/mol. The summed E-state index contributed by atoms with van der Waals surface area (Å²) in [5, 5.41) is 11.6. The summed E-state index contributed by atoms with van der Waals surface area (Å²) in [6.07, 6.45) is 2.06. The molecule has 138 valence electrons. The van der Waals surface area contributed by atoms with Crippen LogP contribution in [0.3, 0.4) is 0 Å². The van der Waals surface area contributed by atoms with E-state index in [-0.39, 0.29) is 11.8 Å². The molecule has 0 radical (unpaired) electrons. The zero-order valence-corrected chi connectivity index (χ0v) is 15.5. The maximum absolute atomic E-state index is 12.8. The molecule has 0 saturated carbocycles. The lowest BCUT2D eigenvalue weighted by atomic mass is 9.84. The smallest absolute Gasteiger partial charge is 0.227 e. The van der Waals surface area contributed by atoms with Crippen LogP contribution in [0.5, 0.6) is 0 Å². The minimum Gasteiger partial charge on any atom is -0.385 e. The van der Waals surface area contributed by atoms with E-state index in [0.717, 1.165) is 31.6 Å². The van der Waals surface area contributed by atoms with Gasteiger partial charge >= 0.3 is 0 Å². The first-order valence-electron chi connectivity index (χ1n) is 9.00. The van der Waals surface area contributed by atoms with Gasteiger partial charge in [0.15, 0.2) is 0 Å². The lowest BCUT2D eigenvalue weighted by molar-refractivity contribution is -0.139. The Hall–Kier alpha value is -1.14. The van der Waals surface area contributed by atoms with Crippen LogP contribution < -0.4 is 0 Å². The van der Waals surface area contributed by atoms with Crippen LogP contribution in [-0.4, -0.2) is 67.3 Å². The van der Waals surface area contributed by atoms with Crippen molar-refractivity contribution in [3.63, 3.8) is 0 Å². The number of carbonyl (C=O) groups excluding carboxylic acids is 1. The molecular weight excluding hydrogens is 340 g/mol. The van der Waals surface area contributed by atoms with E-state index in [4.69, 9.17) is 16.3 Å². The molecule has 1 unspecified atom stereocenters. The SMILES string of the molecule is COCCN1CCC(C(=O)N2CCC(O)(c3ccc(Cl)cc3)CC2)C1. The monoisotopic (exact) mass is 366 g/mol. The quantitative estimate of drug-likeness (QED) is 0.867. The van der Waals surface area contributed by atoms with Crippen LogP contribution >= 0.6 is 11.6 Å². The van der Waals surface area contributed by atoms with Crippen molar-refractivity contribution in [3.8, 4) is 0 Å². The van der Waals surface area contributed by atoms with E-state index in [0.29, 0.717) is 37.6 Å². The highest BCUT2D eigenvalue weighted by atomic mass is 35.5. The number of benzene rings is 1. The van der Waals surface area contributed by atoms with E-state index in [9.17, 15) is 9.90 Å². The van der Waals surface area contributed by atoms with Crippen LogP contribution in [0.15, 0.2) is 24.3 Å². The highest BCUT2D eigenvalue weighted by molar-refractivity contribution is 6.30. The number of nitrogens with zero attached hydrogens (tertiary/aromatic N) is 2. The van der Waals surface area contributed by atoms with Crippen LogP contribution in [0.4, 0.5) is 0 Å². The van der Waals surface area contributed by atoms with E-state index in [1.54, 1.807) is 19.2 Å². The van der Waals surface area contributed by atoms with E-state index >= 15 is 0 Å². The highest BCUT2D eigenvalue weighted by Crippen LogP contribution is 2.34. The average molecular weight is 367 g/mol. The fraction of sp³-hybridized carbons (Fsp3) is 0.632. The molecule has 0 bridgehead atoms. The molecule has 2 aliphatic heterocycles. The maximum Gasteiger partial charge on any atom is 0.227 e. The number of amides is 1. The van der Waals surface area contributed by atoms with Gasteiger partial charge in [-0.3, -0.25) is 4.79 Å². The van der Waals surface area contributed by atoms with Crippen molar-refractivity contribution in [2.45, 2.75) is 24.9 Å². The number of methoxy groups -OCH3 is 1. The second-order valence-corrected chi connectivity index (χ2v) is 7.58. The zero-order chi connectivity index (χ0) is 17.9. The van der Waals surface area contributed by atoms with Gasteiger partial charge < -0.3 is 19.6 Å². The summed E-state index contributed by atoms with van der Waals surface area (Å²) in [6.45, 7) is 4.58. The Labute approximate surface area is 154 Å². The molecule has 1 N–H and O–H groups in total. The summed E-state index contributed by atoms with van der Waals surface area (Å²) >= 11 is 5.93. The number of likely N-dealkylation sites (tertiary alicyclic amines) is 2. The Balaban J connectivity index is 1.53. The summed E-state index contributed by atoms with van der Waals surface area (Å²) in [6, 6.07) is 7.37. The van der Waals surface area contributed by atoms with Crippen molar-refractivity contribution in [3.05, 3.63) is 34.9 Å². The fourth-order valence-corrected chi connectivity index (χ4v) is 3.99. The van der Waals surface area contributed by atoms with E-state index in [1.165, 1.54) is 0 Å². The van der Waals surface area contributed by atoms with Gasteiger partial charge in [0.25, 0.3) is 0 Å². The number of rotatable bonds is 5. The van der Waals surface area contributed by atoms with Gasteiger partial charge in [-0.25, -0.2) is 0 Å². The van der Waals surface area contributed by atoms with Crippen LogP contribution in [0.1, 0.15) is 24.8 Å². The number of carbonyl (C=O) groups is 1. The van der Waals surface area contributed by atoms with Gasteiger partial charge in [-0.1, -0.05) is 23.7 Å². The van der Waals surface area contributed by atoms with Gasteiger partial charge in [0.2, 0.25) is 5.91 Å². The van der Waals surface area contributed by atoms with Crippen LogP contribution in [0, 0.1) is 5.92 Å². The minimum atomic E-state index is -0.860. The van der Waals surface area contributed by atoms with Crippen molar-refractivity contribution < 1.29 is 14.6 Å². The minimum absolute atomic E-state index is 0.0820. The normalized spacial score (nSPS) is 23.8. The second kappa shape index (κ2) is 8.04. The lowest BCUT2D eigenvalue weighted by Crippen LogP contribution is -2.47. The Kier molecular flexibility index (Phi) is 6.00. The van der Waals surface area contributed by atoms with Gasteiger partial charge in [-0.05, 0) is 43.5 Å². The van der Waals surface area contributed by atoms with Gasteiger partial charge in [0.05, 0.1) is 18.1 Å². The van der Waals surface area contributed by atoms with Crippen molar-refractivity contribution in [1.82, 2.24) is 9.80 Å². The molecule has 0 aliphatic carbocycles. The average Bonchev–Trinajstić information content (AvgIpc) is 3.09. The number of halogens is 1. The lowest BCUT2D eigenvalue weighted by Gasteiger charge is -2.39. The molecule has 3 rings (SSSR count). The van der Waals surface area contributed by atoms with Gasteiger partial charge in [-0.15, -0.1) is 0 Å².